The van der Waals surface area contributed by atoms with Crippen molar-refractivity contribution in [3.05, 3.63) is 35.4 Å². The maximum atomic E-state index is 13.7. The van der Waals surface area contributed by atoms with Crippen LogP contribution in [0, 0.1) is 11.6 Å². The predicted molar refractivity (Wildman–Crippen MR) is 76.7 cm³/mol. The third-order valence-electron chi connectivity index (χ3n) is 4.87. The zero-order chi connectivity index (χ0) is 15.7. The Balaban J connectivity index is 1.66. The van der Waals surface area contributed by atoms with Crippen LogP contribution in [0.1, 0.15) is 31.2 Å². The lowest BCUT2D eigenvalue weighted by molar-refractivity contribution is -0.202. The highest BCUT2D eigenvalue weighted by Crippen LogP contribution is 2.39. The summed E-state index contributed by atoms with van der Waals surface area (Å²) in [6.07, 6.45) is 2.84. The lowest BCUT2D eigenvalue weighted by Gasteiger charge is -2.43. The minimum Gasteiger partial charge on any atom is -0.299 e. The van der Waals surface area contributed by atoms with Gasteiger partial charge in [-0.05, 0) is 31.4 Å². The first-order valence-corrected chi connectivity index (χ1v) is 7.58. The topological polar surface area (TPSA) is 32.8 Å². The van der Waals surface area contributed by atoms with Crippen LogP contribution in [-0.2, 0) is 16.2 Å². The van der Waals surface area contributed by atoms with Gasteiger partial charge in [-0.1, -0.05) is 6.07 Å². The second-order valence-corrected chi connectivity index (χ2v) is 6.07. The van der Waals surface area contributed by atoms with Crippen molar-refractivity contribution in [2.24, 2.45) is 0 Å². The Labute approximate surface area is 128 Å². The summed E-state index contributed by atoms with van der Waals surface area (Å²) >= 11 is 0. The number of likely N-dealkylation sites (tertiary alicyclic amines) is 1. The number of halogens is 2. The highest BCUT2D eigenvalue weighted by molar-refractivity contribution is 5.78. The highest BCUT2D eigenvalue weighted by Gasteiger charge is 2.47. The van der Waals surface area contributed by atoms with Gasteiger partial charge in [0.2, 0.25) is 5.91 Å². The molecule has 0 saturated carbocycles. The van der Waals surface area contributed by atoms with Gasteiger partial charge in [0.05, 0.1) is 12.6 Å². The molecule has 0 atom stereocenters. The molecule has 0 unspecified atom stereocenters. The van der Waals surface area contributed by atoms with Crippen LogP contribution in [0.25, 0.3) is 0 Å². The monoisotopic (exact) mass is 310 g/mol. The summed E-state index contributed by atoms with van der Waals surface area (Å²) in [5.41, 5.74) is -0.125. The number of rotatable bonds is 3. The van der Waals surface area contributed by atoms with E-state index in [1.165, 1.54) is 30.4 Å². The summed E-state index contributed by atoms with van der Waals surface area (Å²) in [5.74, 6) is -0.985. The first-order valence-electron chi connectivity index (χ1n) is 7.58. The van der Waals surface area contributed by atoms with Gasteiger partial charge in [0.1, 0.15) is 11.6 Å². The third kappa shape index (κ3) is 2.61. The van der Waals surface area contributed by atoms with E-state index in [9.17, 15) is 13.6 Å². The van der Waals surface area contributed by atoms with Crippen molar-refractivity contribution in [1.82, 2.24) is 9.96 Å². The van der Waals surface area contributed by atoms with Crippen LogP contribution in [0.3, 0.4) is 0 Å². The van der Waals surface area contributed by atoms with Crippen molar-refractivity contribution in [1.29, 1.82) is 0 Å². The first kappa shape index (κ1) is 15.4. The largest absolute Gasteiger partial charge is 0.299 e. The molecule has 4 nitrogen and oxygen atoms in total. The maximum Gasteiger partial charge on any atom is 0.246 e. The maximum absolute atomic E-state index is 13.7. The van der Waals surface area contributed by atoms with Crippen molar-refractivity contribution >= 4 is 5.91 Å². The molecule has 2 aliphatic heterocycles. The fraction of sp³-hybridized carbons (Fsp3) is 0.562. The van der Waals surface area contributed by atoms with E-state index in [1.54, 1.807) is 0 Å². The number of hydroxylamine groups is 2. The number of hydrogen-bond acceptors (Lipinski definition) is 3. The minimum atomic E-state index is -0.505. The van der Waals surface area contributed by atoms with Gasteiger partial charge in [0.25, 0.3) is 0 Å². The molecule has 1 amide bonds. The van der Waals surface area contributed by atoms with E-state index >= 15 is 0 Å². The summed E-state index contributed by atoms with van der Waals surface area (Å²) in [6, 6.07) is 3.94. The van der Waals surface area contributed by atoms with E-state index in [0.29, 0.717) is 19.5 Å². The molecular weight excluding hydrogens is 290 g/mol. The van der Waals surface area contributed by atoms with Crippen molar-refractivity contribution in [3.63, 3.8) is 0 Å². The van der Waals surface area contributed by atoms with Gasteiger partial charge >= 0.3 is 0 Å². The summed E-state index contributed by atoms with van der Waals surface area (Å²) in [4.78, 5) is 19.1. The number of carbonyl (C=O) groups is 1. The average Bonchev–Trinajstić information content (AvgIpc) is 2.81. The minimum absolute atomic E-state index is 0.0242. The van der Waals surface area contributed by atoms with Crippen LogP contribution in [0.5, 0.6) is 0 Å². The Hall–Kier alpha value is -1.53. The van der Waals surface area contributed by atoms with E-state index in [-0.39, 0.29) is 23.6 Å². The molecule has 3 rings (SSSR count). The lowest BCUT2D eigenvalue weighted by atomic mass is 9.86. The molecule has 0 bridgehead atoms. The molecule has 1 aromatic rings. The second-order valence-electron chi connectivity index (χ2n) is 6.07. The molecule has 0 radical (unpaired) electrons. The Morgan fingerprint density at radius 3 is 2.41 bits per heavy atom. The molecule has 0 aromatic heterocycles. The van der Waals surface area contributed by atoms with Gasteiger partial charge in [0, 0.05) is 31.6 Å². The number of nitrogens with zero attached hydrogens (tertiary/aromatic N) is 2. The summed E-state index contributed by atoms with van der Waals surface area (Å²) in [5, 5.41) is 1.51. The van der Waals surface area contributed by atoms with E-state index < -0.39 is 11.6 Å². The third-order valence-corrected chi connectivity index (χ3v) is 4.87. The molecule has 2 fully saturated rings. The molecule has 1 spiro atoms. The zero-order valence-corrected chi connectivity index (χ0v) is 12.6. The highest BCUT2D eigenvalue weighted by atomic mass is 19.1. The molecule has 2 aliphatic rings. The van der Waals surface area contributed by atoms with Crippen LogP contribution >= 0.6 is 0 Å². The van der Waals surface area contributed by atoms with Crippen LogP contribution in [0.15, 0.2) is 18.2 Å². The molecule has 0 N–H and O–H groups in total. The first-order chi connectivity index (χ1) is 10.6. The number of piperidine rings is 1. The van der Waals surface area contributed by atoms with Gasteiger partial charge < -0.3 is 0 Å². The molecule has 1 aromatic carbocycles. The lowest BCUT2D eigenvalue weighted by Crippen LogP contribution is -2.52. The van der Waals surface area contributed by atoms with Gasteiger partial charge in [0.15, 0.2) is 0 Å². The molecular formula is C16H20F2N2O2. The van der Waals surface area contributed by atoms with Gasteiger partial charge in [-0.3, -0.25) is 14.5 Å². The SMILES string of the molecule is CON1C(=O)CCC12CCN(Cc1c(F)cccc1F)CC2. The van der Waals surface area contributed by atoms with Crippen LogP contribution in [-0.4, -0.2) is 41.6 Å². The second kappa shape index (κ2) is 5.93. The van der Waals surface area contributed by atoms with Crippen LogP contribution in [0.4, 0.5) is 8.78 Å². The summed E-state index contributed by atoms with van der Waals surface area (Å²) < 4.78 is 27.5. The molecule has 6 heteroatoms. The fourth-order valence-corrected chi connectivity index (χ4v) is 3.59. The van der Waals surface area contributed by atoms with E-state index in [1.807, 2.05) is 4.90 Å². The quantitative estimate of drug-likeness (QED) is 0.860. The van der Waals surface area contributed by atoms with Crippen molar-refractivity contribution in [2.45, 2.75) is 37.8 Å². The van der Waals surface area contributed by atoms with Gasteiger partial charge in [-0.15, -0.1) is 0 Å². The predicted octanol–water partition coefficient (Wildman–Crippen LogP) is 2.48. The van der Waals surface area contributed by atoms with Crippen LogP contribution < -0.4 is 0 Å². The number of benzene rings is 1. The Bertz CT molecular complexity index is 551. The molecule has 0 aliphatic carbocycles. The van der Waals surface area contributed by atoms with E-state index in [0.717, 1.165) is 19.3 Å². The normalized spacial score (nSPS) is 21.8. The van der Waals surface area contributed by atoms with Gasteiger partial charge in [-0.2, -0.15) is 0 Å². The van der Waals surface area contributed by atoms with Crippen molar-refractivity contribution in [3.8, 4) is 0 Å². The number of amides is 1. The number of carbonyl (C=O) groups excluding carboxylic acids is 1. The molecule has 2 saturated heterocycles. The van der Waals surface area contributed by atoms with Crippen molar-refractivity contribution in [2.75, 3.05) is 20.2 Å². The Kier molecular flexibility index (Phi) is 4.14. The number of hydrogen-bond donors (Lipinski definition) is 0. The standard InChI is InChI=1S/C16H20F2N2O2/c1-22-20-15(21)5-6-16(20)7-9-19(10-8-16)11-12-13(17)3-2-4-14(12)18/h2-4H,5-11H2,1H3. The summed E-state index contributed by atoms with van der Waals surface area (Å²) in [7, 11) is 1.52. The van der Waals surface area contributed by atoms with Gasteiger partial charge in [-0.25, -0.2) is 13.8 Å². The Morgan fingerprint density at radius 2 is 1.82 bits per heavy atom. The van der Waals surface area contributed by atoms with Crippen LogP contribution in [0.2, 0.25) is 0 Å². The Morgan fingerprint density at radius 1 is 1.18 bits per heavy atom. The van der Waals surface area contributed by atoms with E-state index in [2.05, 4.69) is 0 Å². The van der Waals surface area contributed by atoms with Crippen molar-refractivity contribution < 1.29 is 18.4 Å². The average molecular weight is 310 g/mol. The van der Waals surface area contributed by atoms with E-state index in [4.69, 9.17) is 4.84 Å². The molecule has 2 heterocycles. The fourth-order valence-electron chi connectivity index (χ4n) is 3.59. The summed E-state index contributed by atoms with van der Waals surface area (Å²) in [6.45, 7) is 1.65. The zero-order valence-electron chi connectivity index (χ0n) is 12.6. The smallest absolute Gasteiger partial charge is 0.246 e. The molecule has 120 valence electrons. The molecule has 22 heavy (non-hydrogen) atoms.